The van der Waals surface area contributed by atoms with E-state index in [2.05, 4.69) is 50.0 Å². The minimum Gasteiger partial charge on any atom is -0.339 e. The third-order valence-electron chi connectivity index (χ3n) is 3.89. The Bertz CT molecular complexity index is 606. The molecule has 0 fully saturated rings. The Hall–Kier alpha value is -1.87. The fraction of sp³-hybridized carbons (Fsp3) is 0.800. The number of tetrazole rings is 1. The van der Waals surface area contributed by atoms with Crippen molar-refractivity contribution in [2.75, 3.05) is 26.7 Å². The second-order valence-electron chi connectivity index (χ2n) is 6.40. The standard InChI is InChI=1S/C15H28N8O/c1-5-12-19-22-23(20-12)11-10-17-9-7-15(2,3)14-18-13(24-21-14)6-8-16-4/h16-17H,5-11H2,1-4H3. The van der Waals surface area contributed by atoms with Crippen molar-refractivity contribution in [2.45, 2.75) is 52.0 Å². The molecule has 0 aliphatic heterocycles. The second-order valence-corrected chi connectivity index (χ2v) is 6.40. The Morgan fingerprint density at radius 1 is 1.21 bits per heavy atom. The first-order chi connectivity index (χ1) is 11.5. The summed E-state index contributed by atoms with van der Waals surface area (Å²) in [5.74, 6) is 2.23. The summed E-state index contributed by atoms with van der Waals surface area (Å²) in [4.78, 5) is 6.13. The fourth-order valence-corrected chi connectivity index (χ4v) is 2.19. The molecule has 0 atom stereocenters. The number of rotatable bonds is 11. The second kappa shape index (κ2) is 8.84. The predicted molar refractivity (Wildman–Crippen MR) is 89.6 cm³/mol. The van der Waals surface area contributed by atoms with Crippen LogP contribution in [0.25, 0.3) is 0 Å². The molecule has 134 valence electrons. The maximum Gasteiger partial charge on any atom is 0.227 e. The molecule has 0 unspecified atom stereocenters. The summed E-state index contributed by atoms with van der Waals surface area (Å²) in [5, 5.41) is 22.8. The van der Waals surface area contributed by atoms with Gasteiger partial charge < -0.3 is 15.2 Å². The van der Waals surface area contributed by atoms with Crippen LogP contribution in [0.15, 0.2) is 4.52 Å². The van der Waals surface area contributed by atoms with E-state index in [1.807, 2.05) is 14.0 Å². The largest absolute Gasteiger partial charge is 0.339 e. The molecule has 0 aromatic carbocycles. The molecule has 2 aromatic rings. The molecule has 0 bridgehead atoms. The molecule has 2 heterocycles. The van der Waals surface area contributed by atoms with E-state index in [-0.39, 0.29) is 5.41 Å². The molecule has 2 rings (SSSR count). The topological polar surface area (TPSA) is 107 Å². The summed E-state index contributed by atoms with van der Waals surface area (Å²) in [6, 6.07) is 0. The zero-order chi connectivity index (χ0) is 17.4. The van der Waals surface area contributed by atoms with E-state index in [1.54, 1.807) is 4.80 Å². The first-order valence-corrected chi connectivity index (χ1v) is 8.50. The number of nitrogens with one attached hydrogen (secondary N) is 2. The van der Waals surface area contributed by atoms with E-state index < -0.39 is 0 Å². The Balaban J connectivity index is 1.70. The molecular weight excluding hydrogens is 308 g/mol. The lowest BCUT2D eigenvalue weighted by Crippen LogP contribution is -2.29. The van der Waals surface area contributed by atoms with E-state index in [1.165, 1.54) is 0 Å². The number of likely N-dealkylation sites (N-methyl/N-ethyl adjacent to an activating group) is 1. The van der Waals surface area contributed by atoms with Gasteiger partial charge in [-0.05, 0) is 25.2 Å². The zero-order valence-corrected chi connectivity index (χ0v) is 15.0. The number of aromatic nitrogens is 6. The number of nitrogens with zero attached hydrogens (tertiary/aromatic N) is 6. The Labute approximate surface area is 142 Å². The van der Waals surface area contributed by atoms with Gasteiger partial charge in [-0.15, -0.1) is 10.2 Å². The molecule has 0 radical (unpaired) electrons. The van der Waals surface area contributed by atoms with Gasteiger partial charge in [-0.3, -0.25) is 0 Å². The van der Waals surface area contributed by atoms with Gasteiger partial charge in [0.05, 0.1) is 6.54 Å². The average molecular weight is 336 g/mol. The minimum absolute atomic E-state index is 0.130. The van der Waals surface area contributed by atoms with Crippen LogP contribution in [0.1, 0.15) is 44.7 Å². The highest BCUT2D eigenvalue weighted by molar-refractivity contribution is 5.02. The van der Waals surface area contributed by atoms with Crippen molar-refractivity contribution in [1.82, 2.24) is 41.0 Å². The fourth-order valence-electron chi connectivity index (χ4n) is 2.19. The van der Waals surface area contributed by atoms with E-state index in [9.17, 15) is 0 Å². The van der Waals surface area contributed by atoms with Crippen molar-refractivity contribution in [3.63, 3.8) is 0 Å². The molecular formula is C15H28N8O. The van der Waals surface area contributed by atoms with Crippen LogP contribution in [0, 0.1) is 0 Å². The highest BCUT2D eigenvalue weighted by atomic mass is 16.5. The van der Waals surface area contributed by atoms with Crippen LogP contribution in [0.5, 0.6) is 0 Å². The molecule has 0 aliphatic carbocycles. The number of hydrogen-bond acceptors (Lipinski definition) is 8. The summed E-state index contributed by atoms with van der Waals surface area (Å²) >= 11 is 0. The van der Waals surface area contributed by atoms with Gasteiger partial charge in [0, 0.05) is 31.3 Å². The molecule has 9 nitrogen and oxygen atoms in total. The number of hydrogen-bond donors (Lipinski definition) is 2. The quantitative estimate of drug-likeness (QED) is 0.566. The summed E-state index contributed by atoms with van der Waals surface area (Å²) in [6.45, 7) is 9.49. The van der Waals surface area contributed by atoms with E-state index >= 15 is 0 Å². The zero-order valence-electron chi connectivity index (χ0n) is 15.0. The van der Waals surface area contributed by atoms with Crippen LogP contribution in [0.3, 0.4) is 0 Å². The number of aryl methyl sites for hydroxylation is 1. The van der Waals surface area contributed by atoms with Crippen molar-refractivity contribution in [1.29, 1.82) is 0 Å². The Kier molecular flexibility index (Phi) is 6.80. The smallest absolute Gasteiger partial charge is 0.227 e. The van der Waals surface area contributed by atoms with Crippen molar-refractivity contribution in [3.8, 4) is 0 Å². The molecule has 24 heavy (non-hydrogen) atoms. The molecule has 0 saturated carbocycles. The van der Waals surface area contributed by atoms with Gasteiger partial charge >= 0.3 is 0 Å². The summed E-state index contributed by atoms with van der Waals surface area (Å²) < 4.78 is 5.30. The molecule has 0 saturated heterocycles. The lowest BCUT2D eigenvalue weighted by molar-refractivity contribution is 0.350. The molecule has 9 heteroatoms. The van der Waals surface area contributed by atoms with Gasteiger partial charge in [0.25, 0.3) is 0 Å². The van der Waals surface area contributed by atoms with Gasteiger partial charge in [-0.25, -0.2) is 0 Å². The van der Waals surface area contributed by atoms with Crippen LogP contribution < -0.4 is 10.6 Å². The monoisotopic (exact) mass is 336 g/mol. The SMILES string of the molecule is CCc1nnn(CCNCCC(C)(C)c2noc(CCNC)n2)n1. The van der Waals surface area contributed by atoms with Crippen molar-refractivity contribution in [3.05, 3.63) is 17.5 Å². The normalized spacial score (nSPS) is 12.0. The van der Waals surface area contributed by atoms with E-state index in [0.717, 1.165) is 50.5 Å². The van der Waals surface area contributed by atoms with E-state index in [4.69, 9.17) is 4.52 Å². The maximum atomic E-state index is 5.30. The minimum atomic E-state index is -0.130. The predicted octanol–water partition coefficient (Wildman–Crippen LogP) is 0.338. The lowest BCUT2D eigenvalue weighted by atomic mass is 9.88. The van der Waals surface area contributed by atoms with Crippen LogP contribution in [0.4, 0.5) is 0 Å². The lowest BCUT2D eigenvalue weighted by Gasteiger charge is -2.20. The Morgan fingerprint density at radius 2 is 2.04 bits per heavy atom. The molecule has 0 amide bonds. The first kappa shape index (κ1) is 18.5. The van der Waals surface area contributed by atoms with Crippen molar-refractivity contribution < 1.29 is 4.52 Å². The third kappa shape index (κ3) is 5.34. The molecule has 0 spiro atoms. The highest BCUT2D eigenvalue weighted by Crippen LogP contribution is 2.23. The molecule has 2 N–H and O–H groups in total. The highest BCUT2D eigenvalue weighted by Gasteiger charge is 2.26. The van der Waals surface area contributed by atoms with Crippen molar-refractivity contribution in [2.24, 2.45) is 0 Å². The van der Waals surface area contributed by atoms with Gasteiger partial charge in [0.2, 0.25) is 5.89 Å². The molecule has 0 aliphatic rings. The van der Waals surface area contributed by atoms with Gasteiger partial charge in [-0.1, -0.05) is 25.9 Å². The summed E-state index contributed by atoms with van der Waals surface area (Å²) in [5.41, 5.74) is -0.130. The average Bonchev–Trinajstić information content (AvgIpc) is 3.22. The summed E-state index contributed by atoms with van der Waals surface area (Å²) in [6.07, 6.45) is 2.48. The van der Waals surface area contributed by atoms with E-state index in [0.29, 0.717) is 12.4 Å². The third-order valence-corrected chi connectivity index (χ3v) is 3.89. The van der Waals surface area contributed by atoms with Crippen LogP contribution in [-0.2, 0) is 24.8 Å². The van der Waals surface area contributed by atoms with Gasteiger partial charge in [0.15, 0.2) is 11.6 Å². The summed E-state index contributed by atoms with van der Waals surface area (Å²) in [7, 11) is 1.91. The Morgan fingerprint density at radius 3 is 2.75 bits per heavy atom. The van der Waals surface area contributed by atoms with Gasteiger partial charge in [0.1, 0.15) is 0 Å². The van der Waals surface area contributed by atoms with Gasteiger partial charge in [-0.2, -0.15) is 9.78 Å². The first-order valence-electron chi connectivity index (χ1n) is 8.50. The van der Waals surface area contributed by atoms with Crippen LogP contribution in [-0.4, -0.2) is 57.0 Å². The maximum absolute atomic E-state index is 5.30. The van der Waals surface area contributed by atoms with Crippen molar-refractivity contribution >= 4 is 0 Å². The van der Waals surface area contributed by atoms with Crippen LogP contribution in [0.2, 0.25) is 0 Å². The van der Waals surface area contributed by atoms with Crippen LogP contribution >= 0.6 is 0 Å². The molecule has 2 aromatic heterocycles.